The minimum absolute atomic E-state index is 0.0417. The molecule has 13 heavy (non-hydrogen) atoms. The van der Waals surface area contributed by atoms with Crippen molar-refractivity contribution in [1.82, 2.24) is 0 Å². The van der Waals surface area contributed by atoms with Gasteiger partial charge in [-0.15, -0.1) is 0 Å². The van der Waals surface area contributed by atoms with Gasteiger partial charge in [0.25, 0.3) is 0 Å². The first-order valence-electron chi connectivity index (χ1n) is 7.15. The predicted molar refractivity (Wildman–Crippen MR) is 54.3 cm³/mol. The smallest absolute Gasteiger partial charge is 0.0246 e. The lowest BCUT2D eigenvalue weighted by molar-refractivity contribution is -0.0637. The molecular formula is C12H21N. The largest absolute Gasteiger partial charge is 0.327 e. The molecule has 0 aromatic carbocycles. The Morgan fingerprint density at radius 1 is 1.15 bits per heavy atom. The second-order valence-corrected chi connectivity index (χ2v) is 5.76. The van der Waals surface area contributed by atoms with E-state index in [1.165, 1.54) is 19.3 Å². The zero-order valence-electron chi connectivity index (χ0n) is 11.1. The van der Waals surface area contributed by atoms with Crippen LogP contribution in [0.3, 0.4) is 0 Å². The highest BCUT2D eigenvalue weighted by Crippen LogP contribution is 2.60. The molecule has 2 N–H and O–H groups in total. The Balaban J connectivity index is 1.88. The van der Waals surface area contributed by atoms with Gasteiger partial charge in [-0.1, -0.05) is 0 Å². The van der Waals surface area contributed by atoms with Crippen LogP contribution in [0.5, 0.6) is 0 Å². The molecule has 1 heteroatoms. The standard InChI is InChI=1S/C12H21N/c1-8(13)12-5-9-2-10(6-12)4-11(3-9)7-12/h8-11H,2-7,13H2,1H3/t8-,9?,10?,11?,12?/m1/s1/i1D3. The minimum Gasteiger partial charge on any atom is -0.327 e. The lowest BCUT2D eigenvalue weighted by Crippen LogP contribution is -2.53. The van der Waals surface area contributed by atoms with Crippen molar-refractivity contribution >= 4 is 0 Å². The fraction of sp³-hybridized carbons (Fsp3) is 1.00. The summed E-state index contributed by atoms with van der Waals surface area (Å²) in [5.74, 6) is 2.33. The molecule has 4 rings (SSSR count). The SMILES string of the molecule is [2H]C([2H])([2H])[C@@H](N)C12CC3CC(CC(C3)C1)C2. The molecule has 4 bridgehead atoms. The van der Waals surface area contributed by atoms with Gasteiger partial charge in [0.05, 0.1) is 0 Å². The summed E-state index contributed by atoms with van der Waals surface area (Å²) in [7, 11) is 0. The number of hydrogen-bond donors (Lipinski definition) is 1. The van der Waals surface area contributed by atoms with E-state index in [2.05, 4.69) is 0 Å². The summed E-state index contributed by atoms with van der Waals surface area (Å²) in [5.41, 5.74) is 6.05. The summed E-state index contributed by atoms with van der Waals surface area (Å²) in [6, 6.07) is -0.589. The van der Waals surface area contributed by atoms with E-state index < -0.39 is 12.9 Å². The van der Waals surface area contributed by atoms with Crippen LogP contribution < -0.4 is 5.73 Å². The first-order valence-corrected chi connectivity index (χ1v) is 5.65. The quantitative estimate of drug-likeness (QED) is 0.662. The summed E-state index contributed by atoms with van der Waals surface area (Å²) < 4.78 is 22.7. The van der Waals surface area contributed by atoms with Crippen LogP contribution in [0.15, 0.2) is 0 Å². The molecule has 1 nitrogen and oxygen atoms in total. The number of rotatable bonds is 1. The minimum atomic E-state index is -1.97. The molecule has 4 aliphatic carbocycles. The zero-order chi connectivity index (χ0) is 11.6. The molecule has 1 atom stereocenters. The van der Waals surface area contributed by atoms with Crippen molar-refractivity contribution in [1.29, 1.82) is 0 Å². The Hall–Kier alpha value is -0.0400. The van der Waals surface area contributed by atoms with E-state index in [9.17, 15) is 0 Å². The summed E-state index contributed by atoms with van der Waals surface area (Å²) in [5, 5.41) is 0. The van der Waals surface area contributed by atoms with E-state index in [1.807, 2.05) is 0 Å². The van der Waals surface area contributed by atoms with Gasteiger partial charge in [-0.05, 0) is 68.5 Å². The summed E-state index contributed by atoms with van der Waals surface area (Å²) >= 11 is 0. The Morgan fingerprint density at radius 3 is 2.00 bits per heavy atom. The van der Waals surface area contributed by atoms with Crippen molar-refractivity contribution in [3.05, 3.63) is 0 Å². The maximum absolute atomic E-state index is 7.58. The fourth-order valence-corrected chi connectivity index (χ4v) is 4.56. The molecule has 4 fully saturated rings. The van der Waals surface area contributed by atoms with Crippen LogP contribution in [0.25, 0.3) is 0 Å². The Labute approximate surface area is 85.3 Å². The average molecular weight is 182 g/mol. The van der Waals surface area contributed by atoms with Gasteiger partial charge in [0.2, 0.25) is 0 Å². The van der Waals surface area contributed by atoms with E-state index in [0.29, 0.717) is 0 Å². The summed E-state index contributed by atoms with van der Waals surface area (Å²) in [6.45, 7) is -1.97. The molecule has 0 aromatic rings. The molecule has 0 heterocycles. The molecule has 0 unspecified atom stereocenters. The van der Waals surface area contributed by atoms with E-state index in [1.54, 1.807) is 0 Å². The van der Waals surface area contributed by atoms with Gasteiger partial charge in [0.15, 0.2) is 0 Å². The lowest BCUT2D eigenvalue weighted by atomic mass is 9.48. The van der Waals surface area contributed by atoms with Gasteiger partial charge in [0.1, 0.15) is 0 Å². The predicted octanol–water partition coefficient (Wildman–Crippen LogP) is 2.55. The third-order valence-electron chi connectivity index (χ3n) is 4.75. The molecule has 0 radical (unpaired) electrons. The van der Waals surface area contributed by atoms with Gasteiger partial charge in [-0.3, -0.25) is 0 Å². The second-order valence-electron chi connectivity index (χ2n) is 5.76. The van der Waals surface area contributed by atoms with Crippen LogP contribution in [0.2, 0.25) is 0 Å². The van der Waals surface area contributed by atoms with Crippen molar-refractivity contribution in [2.45, 2.75) is 51.4 Å². The molecular weight excluding hydrogens is 158 g/mol. The van der Waals surface area contributed by atoms with E-state index in [4.69, 9.17) is 9.85 Å². The maximum Gasteiger partial charge on any atom is 0.0246 e. The molecule has 4 aliphatic rings. The number of hydrogen-bond acceptors (Lipinski definition) is 1. The van der Waals surface area contributed by atoms with Crippen molar-refractivity contribution in [2.75, 3.05) is 0 Å². The lowest BCUT2D eigenvalue weighted by Gasteiger charge is -2.58. The summed E-state index contributed by atoms with van der Waals surface area (Å²) in [6.07, 6.45) is 7.27. The van der Waals surface area contributed by atoms with Crippen molar-refractivity contribution in [2.24, 2.45) is 28.9 Å². The Kier molecular flexibility index (Phi) is 1.11. The van der Waals surface area contributed by atoms with Gasteiger partial charge < -0.3 is 5.73 Å². The zero-order valence-corrected chi connectivity index (χ0v) is 8.13. The molecule has 0 amide bonds. The van der Waals surface area contributed by atoms with E-state index in [-0.39, 0.29) is 5.41 Å². The van der Waals surface area contributed by atoms with Gasteiger partial charge >= 0.3 is 0 Å². The highest BCUT2D eigenvalue weighted by atomic mass is 14.7. The normalized spacial score (nSPS) is 59.8. The molecule has 0 aliphatic heterocycles. The van der Waals surface area contributed by atoms with Gasteiger partial charge in [0, 0.05) is 10.2 Å². The Morgan fingerprint density at radius 2 is 1.62 bits per heavy atom. The second kappa shape index (κ2) is 2.50. The maximum atomic E-state index is 7.58. The average Bonchev–Trinajstić information content (AvgIpc) is 2.12. The molecule has 0 spiro atoms. The summed E-state index contributed by atoms with van der Waals surface area (Å²) in [4.78, 5) is 0. The molecule has 74 valence electrons. The van der Waals surface area contributed by atoms with Crippen LogP contribution in [0, 0.1) is 23.2 Å². The van der Waals surface area contributed by atoms with E-state index in [0.717, 1.165) is 37.0 Å². The molecule has 0 aromatic heterocycles. The van der Waals surface area contributed by atoms with Crippen molar-refractivity contribution in [3.8, 4) is 0 Å². The Bertz CT molecular complexity index is 262. The van der Waals surface area contributed by atoms with Crippen LogP contribution in [-0.4, -0.2) is 6.04 Å². The van der Waals surface area contributed by atoms with Crippen LogP contribution in [0.1, 0.15) is 49.5 Å². The number of nitrogens with two attached hydrogens (primary N) is 1. The van der Waals surface area contributed by atoms with Crippen LogP contribution in [0.4, 0.5) is 0 Å². The third-order valence-corrected chi connectivity index (χ3v) is 4.75. The van der Waals surface area contributed by atoms with Gasteiger partial charge in [-0.25, -0.2) is 0 Å². The van der Waals surface area contributed by atoms with Gasteiger partial charge in [-0.2, -0.15) is 0 Å². The van der Waals surface area contributed by atoms with Crippen molar-refractivity contribution < 1.29 is 4.11 Å². The first-order chi connectivity index (χ1) is 7.39. The fourth-order valence-electron chi connectivity index (χ4n) is 4.56. The van der Waals surface area contributed by atoms with Crippen LogP contribution >= 0.6 is 0 Å². The monoisotopic (exact) mass is 182 g/mol. The first kappa shape index (κ1) is 5.75. The van der Waals surface area contributed by atoms with Crippen LogP contribution in [-0.2, 0) is 0 Å². The molecule has 4 saturated carbocycles. The highest BCUT2D eigenvalue weighted by molar-refractivity contribution is 5.04. The highest BCUT2D eigenvalue weighted by Gasteiger charge is 2.52. The molecule has 0 saturated heterocycles. The van der Waals surface area contributed by atoms with Crippen molar-refractivity contribution in [3.63, 3.8) is 0 Å². The van der Waals surface area contributed by atoms with E-state index >= 15 is 0 Å². The third kappa shape index (κ3) is 1.09. The topological polar surface area (TPSA) is 26.0 Å².